The van der Waals surface area contributed by atoms with Crippen molar-refractivity contribution in [2.45, 2.75) is 38.1 Å². The molecule has 0 aliphatic carbocycles. The molecule has 2 bridgehead atoms. The van der Waals surface area contributed by atoms with Crippen LogP contribution in [0.3, 0.4) is 0 Å². The van der Waals surface area contributed by atoms with Crippen LogP contribution in [-0.2, 0) is 15.8 Å². The molecule has 0 spiro atoms. The van der Waals surface area contributed by atoms with E-state index in [1.807, 2.05) is 44.2 Å². The molecule has 3 fully saturated rings. The Kier molecular flexibility index (Phi) is 4.00. The molecule has 0 saturated carbocycles. The zero-order valence-corrected chi connectivity index (χ0v) is 15.3. The van der Waals surface area contributed by atoms with Gasteiger partial charge in [0, 0.05) is 36.4 Å². The van der Waals surface area contributed by atoms with Gasteiger partial charge in [0.05, 0.1) is 5.75 Å². The molecule has 7 heteroatoms. The van der Waals surface area contributed by atoms with E-state index >= 15 is 0 Å². The van der Waals surface area contributed by atoms with E-state index in [0.717, 1.165) is 29.1 Å². The number of benzene rings is 1. The van der Waals surface area contributed by atoms with Crippen LogP contribution in [0.5, 0.6) is 0 Å². The molecule has 2 atom stereocenters. The van der Waals surface area contributed by atoms with E-state index in [4.69, 9.17) is 0 Å². The molecule has 4 heterocycles. The summed E-state index contributed by atoms with van der Waals surface area (Å²) >= 11 is 0. The van der Waals surface area contributed by atoms with Crippen LogP contribution in [0.2, 0.25) is 0 Å². The van der Waals surface area contributed by atoms with Gasteiger partial charge in [-0.2, -0.15) is 4.31 Å². The molecule has 0 radical (unpaired) electrons. The van der Waals surface area contributed by atoms with Crippen molar-refractivity contribution in [3.05, 3.63) is 53.5 Å². The van der Waals surface area contributed by atoms with Crippen molar-refractivity contribution in [3.63, 3.8) is 0 Å². The molecular formula is C18H22N4O2S. The smallest absolute Gasteiger partial charge is 0.218 e. The van der Waals surface area contributed by atoms with Crippen molar-refractivity contribution in [1.29, 1.82) is 0 Å². The second-order valence-electron chi connectivity index (χ2n) is 6.93. The number of nitrogens with zero attached hydrogens (tertiary/aromatic N) is 4. The average Bonchev–Trinajstić information content (AvgIpc) is 2.57. The number of fused-ring (bicyclic) bond motifs is 2. The minimum absolute atomic E-state index is 0.0436. The third-order valence-corrected chi connectivity index (χ3v) is 7.19. The van der Waals surface area contributed by atoms with E-state index in [-0.39, 0.29) is 17.8 Å². The zero-order valence-electron chi connectivity index (χ0n) is 14.5. The maximum Gasteiger partial charge on any atom is 0.218 e. The van der Waals surface area contributed by atoms with Gasteiger partial charge in [-0.25, -0.2) is 18.4 Å². The third-order valence-electron chi connectivity index (χ3n) is 5.25. The molecule has 0 N–H and O–H groups in total. The lowest BCUT2D eigenvalue weighted by Gasteiger charge is -2.55. The summed E-state index contributed by atoms with van der Waals surface area (Å²) in [5.41, 5.74) is 2.88. The van der Waals surface area contributed by atoms with Gasteiger partial charge in [-0.1, -0.05) is 30.3 Å². The predicted octanol–water partition coefficient (Wildman–Crippen LogP) is 1.89. The summed E-state index contributed by atoms with van der Waals surface area (Å²) in [6, 6.07) is 9.48. The molecular weight excluding hydrogens is 336 g/mol. The van der Waals surface area contributed by atoms with Gasteiger partial charge in [0.25, 0.3) is 0 Å². The molecule has 3 saturated heterocycles. The van der Waals surface area contributed by atoms with Crippen molar-refractivity contribution in [2.24, 2.45) is 0 Å². The topological polar surface area (TPSA) is 66.4 Å². The summed E-state index contributed by atoms with van der Waals surface area (Å²) in [7, 11) is -3.29. The predicted molar refractivity (Wildman–Crippen MR) is 96.8 cm³/mol. The van der Waals surface area contributed by atoms with Gasteiger partial charge in [-0.15, -0.1) is 0 Å². The summed E-state index contributed by atoms with van der Waals surface area (Å²) in [6.07, 6.45) is 2.52. The number of rotatable bonds is 4. The number of hydrogen-bond acceptors (Lipinski definition) is 5. The van der Waals surface area contributed by atoms with Gasteiger partial charge in [0.15, 0.2) is 0 Å². The number of hydrogen-bond donors (Lipinski definition) is 0. The highest BCUT2D eigenvalue weighted by Crippen LogP contribution is 2.38. The van der Waals surface area contributed by atoms with E-state index in [2.05, 4.69) is 14.9 Å². The Hall–Kier alpha value is -1.99. The van der Waals surface area contributed by atoms with Gasteiger partial charge >= 0.3 is 0 Å². The maximum atomic E-state index is 12.8. The summed E-state index contributed by atoms with van der Waals surface area (Å²) < 4.78 is 27.4. The van der Waals surface area contributed by atoms with Gasteiger partial charge in [0.2, 0.25) is 10.0 Å². The van der Waals surface area contributed by atoms with Gasteiger partial charge < -0.3 is 4.90 Å². The fourth-order valence-corrected chi connectivity index (χ4v) is 5.88. The standard InChI is InChI=1S/C18H22N4O2S/c1-13-14(2)19-12-20-18(13)21-9-16-8-17(10-21)22(16)25(23,24)11-15-6-4-3-5-7-15/h3-7,12,16-17H,8-11H2,1-2H3. The van der Waals surface area contributed by atoms with Gasteiger partial charge in [-0.3, -0.25) is 0 Å². The molecule has 0 amide bonds. The van der Waals surface area contributed by atoms with Crippen molar-refractivity contribution in [1.82, 2.24) is 14.3 Å². The molecule has 5 rings (SSSR count). The van der Waals surface area contributed by atoms with E-state index < -0.39 is 10.0 Å². The highest BCUT2D eigenvalue weighted by Gasteiger charge is 2.50. The Labute approximate surface area is 148 Å². The summed E-state index contributed by atoms with van der Waals surface area (Å²) in [5.74, 6) is 1.01. The Bertz CT molecular complexity index is 873. The quantitative estimate of drug-likeness (QED) is 0.835. The Balaban J connectivity index is 1.51. The second-order valence-corrected chi connectivity index (χ2v) is 8.80. The molecule has 3 aliphatic heterocycles. The van der Waals surface area contributed by atoms with E-state index in [9.17, 15) is 8.42 Å². The molecule has 1 aromatic heterocycles. The number of aryl methyl sites for hydroxylation is 1. The minimum atomic E-state index is -3.29. The van der Waals surface area contributed by atoms with Crippen LogP contribution in [0.25, 0.3) is 0 Å². The zero-order chi connectivity index (χ0) is 17.6. The summed E-state index contributed by atoms with van der Waals surface area (Å²) in [5, 5.41) is 0. The van der Waals surface area contributed by atoms with Crippen molar-refractivity contribution in [3.8, 4) is 0 Å². The number of aromatic nitrogens is 2. The average molecular weight is 358 g/mol. The first kappa shape index (κ1) is 16.5. The lowest BCUT2D eigenvalue weighted by Crippen LogP contribution is -2.70. The van der Waals surface area contributed by atoms with Crippen molar-refractivity contribution < 1.29 is 8.42 Å². The highest BCUT2D eigenvalue weighted by molar-refractivity contribution is 7.88. The van der Waals surface area contributed by atoms with Crippen LogP contribution >= 0.6 is 0 Å². The summed E-state index contributed by atoms with van der Waals surface area (Å²) in [6.45, 7) is 5.39. The van der Waals surface area contributed by atoms with Gasteiger partial charge in [0.1, 0.15) is 12.1 Å². The lowest BCUT2D eigenvalue weighted by atomic mass is 9.91. The van der Waals surface area contributed by atoms with E-state index in [1.165, 1.54) is 0 Å². The number of piperidine rings is 1. The Morgan fingerprint density at radius 1 is 1.08 bits per heavy atom. The van der Waals surface area contributed by atoms with Crippen LogP contribution in [0.1, 0.15) is 23.2 Å². The van der Waals surface area contributed by atoms with Crippen LogP contribution < -0.4 is 4.90 Å². The number of sulfonamides is 1. The molecule has 132 valence electrons. The fourth-order valence-electron chi connectivity index (χ4n) is 3.91. The molecule has 2 unspecified atom stereocenters. The molecule has 3 aliphatic rings. The summed E-state index contributed by atoms with van der Waals surface area (Å²) in [4.78, 5) is 10.8. The number of piperazine rings is 1. The maximum absolute atomic E-state index is 12.8. The normalized spacial score (nSPS) is 23.4. The minimum Gasteiger partial charge on any atom is -0.353 e. The van der Waals surface area contributed by atoms with Crippen LogP contribution in [-0.4, -0.2) is 47.9 Å². The van der Waals surface area contributed by atoms with Crippen LogP contribution in [0.15, 0.2) is 36.7 Å². The second kappa shape index (κ2) is 6.07. The van der Waals surface area contributed by atoms with Crippen LogP contribution in [0, 0.1) is 13.8 Å². The number of anilines is 1. The SMILES string of the molecule is Cc1ncnc(N2CC3CC(C2)N3S(=O)(=O)Cc2ccccc2)c1C. The lowest BCUT2D eigenvalue weighted by molar-refractivity contribution is 0.0872. The molecule has 1 aromatic carbocycles. The largest absolute Gasteiger partial charge is 0.353 e. The van der Waals surface area contributed by atoms with E-state index in [0.29, 0.717) is 13.1 Å². The van der Waals surface area contributed by atoms with Crippen LogP contribution in [0.4, 0.5) is 5.82 Å². The third kappa shape index (κ3) is 2.91. The first-order chi connectivity index (χ1) is 12.0. The highest BCUT2D eigenvalue weighted by atomic mass is 32.2. The van der Waals surface area contributed by atoms with Gasteiger partial charge in [-0.05, 0) is 25.8 Å². The van der Waals surface area contributed by atoms with Crippen molar-refractivity contribution >= 4 is 15.8 Å². The first-order valence-corrected chi connectivity index (χ1v) is 10.1. The molecule has 25 heavy (non-hydrogen) atoms. The first-order valence-electron chi connectivity index (χ1n) is 8.54. The Morgan fingerprint density at radius 3 is 2.44 bits per heavy atom. The Morgan fingerprint density at radius 2 is 1.76 bits per heavy atom. The fraction of sp³-hybridized carbons (Fsp3) is 0.444. The monoisotopic (exact) mass is 358 g/mol. The molecule has 6 nitrogen and oxygen atoms in total. The molecule has 2 aromatic rings. The van der Waals surface area contributed by atoms with E-state index in [1.54, 1.807) is 10.6 Å². The van der Waals surface area contributed by atoms with Crippen molar-refractivity contribution in [2.75, 3.05) is 18.0 Å².